The summed E-state index contributed by atoms with van der Waals surface area (Å²) in [6, 6.07) is 8.77. The molecule has 2 nitrogen and oxygen atoms in total. The fourth-order valence-corrected chi connectivity index (χ4v) is 4.79. The van der Waals surface area contributed by atoms with Gasteiger partial charge in [0.15, 0.2) is 0 Å². The average molecular weight is 303 g/mol. The molecule has 0 amide bonds. The van der Waals surface area contributed by atoms with E-state index in [1.807, 2.05) is 18.2 Å². The van der Waals surface area contributed by atoms with E-state index in [0.717, 1.165) is 39.4 Å². The second-order valence-corrected chi connectivity index (χ2v) is 6.88. The molecule has 0 radical (unpaired) electrons. The summed E-state index contributed by atoms with van der Waals surface area (Å²) < 4.78 is 1.04. The van der Waals surface area contributed by atoms with E-state index in [-0.39, 0.29) is 0 Å². The minimum atomic E-state index is 0.637. The molecule has 3 aliphatic rings. The second-order valence-electron chi connectivity index (χ2n) is 5.96. The first-order chi connectivity index (χ1) is 8.78. The molecule has 2 bridgehead atoms. The lowest BCUT2D eigenvalue weighted by Gasteiger charge is -2.13. The van der Waals surface area contributed by atoms with Gasteiger partial charge in [-0.3, -0.25) is 0 Å². The third-order valence-corrected chi connectivity index (χ3v) is 5.65. The van der Waals surface area contributed by atoms with Gasteiger partial charge in [-0.25, -0.2) is 0 Å². The summed E-state index contributed by atoms with van der Waals surface area (Å²) in [7, 11) is 0. The van der Waals surface area contributed by atoms with Crippen molar-refractivity contribution in [1.82, 2.24) is 0 Å². The number of nitrogens with zero attached hydrogens (tertiary/aromatic N) is 1. The van der Waals surface area contributed by atoms with Gasteiger partial charge in [-0.15, -0.1) is 0 Å². The molecule has 1 aromatic carbocycles. The predicted molar refractivity (Wildman–Crippen MR) is 74.1 cm³/mol. The molecular formula is C15H15BrN2. The fourth-order valence-electron chi connectivity index (χ4n) is 4.43. The van der Waals surface area contributed by atoms with Crippen molar-refractivity contribution in [2.75, 3.05) is 5.32 Å². The zero-order valence-corrected chi connectivity index (χ0v) is 11.7. The Balaban J connectivity index is 1.57. The summed E-state index contributed by atoms with van der Waals surface area (Å²) in [5.74, 6) is 3.73. The lowest BCUT2D eigenvalue weighted by atomic mass is 10.0. The maximum absolute atomic E-state index is 9.16. The first kappa shape index (κ1) is 10.9. The van der Waals surface area contributed by atoms with E-state index in [2.05, 4.69) is 27.3 Å². The second kappa shape index (κ2) is 3.74. The summed E-state index contributed by atoms with van der Waals surface area (Å²) in [5.41, 5.74) is 1.76. The van der Waals surface area contributed by atoms with Crippen LogP contribution in [0.25, 0.3) is 0 Å². The quantitative estimate of drug-likeness (QED) is 0.902. The summed E-state index contributed by atoms with van der Waals surface area (Å²) in [5, 5.41) is 12.8. The van der Waals surface area contributed by atoms with Crippen LogP contribution in [-0.2, 0) is 0 Å². The summed E-state index contributed by atoms with van der Waals surface area (Å²) >= 11 is 3.48. The van der Waals surface area contributed by atoms with Crippen molar-refractivity contribution in [2.45, 2.75) is 25.3 Å². The molecule has 92 valence electrons. The molecule has 3 heteroatoms. The molecule has 4 unspecified atom stereocenters. The molecule has 3 saturated carbocycles. The predicted octanol–water partition coefficient (Wildman–Crippen LogP) is 3.78. The molecule has 0 saturated heterocycles. The number of benzene rings is 1. The van der Waals surface area contributed by atoms with Gasteiger partial charge < -0.3 is 5.32 Å². The Bertz CT molecular complexity index is 532. The van der Waals surface area contributed by atoms with Gasteiger partial charge >= 0.3 is 0 Å². The Hall–Kier alpha value is -1.01. The van der Waals surface area contributed by atoms with Gasteiger partial charge in [0, 0.05) is 10.5 Å². The minimum Gasteiger partial charge on any atom is -0.381 e. The van der Waals surface area contributed by atoms with Gasteiger partial charge in [-0.05, 0) is 61.1 Å². The van der Waals surface area contributed by atoms with Gasteiger partial charge in [-0.2, -0.15) is 5.26 Å². The Labute approximate surface area is 116 Å². The zero-order chi connectivity index (χ0) is 12.3. The first-order valence-electron chi connectivity index (χ1n) is 6.74. The van der Waals surface area contributed by atoms with Crippen LogP contribution in [0.4, 0.5) is 5.69 Å². The molecule has 0 heterocycles. The molecule has 0 spiro atoms. The molecule has 4 rings (SSSR count). The van der Waals surface area contributed by atoms with E-state index >= 15 is 0 Å². The van der Waals surface area contributed by atoms with Crippen molar-refractivity contribution in [1.29, 1.82) is 5.26 Å². The SMILES string of the molecule is N#Cc1ccc(Br)cc1NC1C2C3CCC(C3)C12. The lowest BCUT2D eigenvalue weighted by molar-refractivity contribution is 0.456. The number of halogens is 1. The Morgan fingerprint density at radius 3 is 2.61 bits per heavy atom. The molecule has 3 fully saturated rings. The molecule has 0 aliphatic heterocycles. The van der Waals surface area contributed by atoms with E-state index in [1.165, 1.54) is 19.3 Å². The van der Waals surface area contributed by atoms with Crippen molar-refractivity contribution >= 4 is 21.6 Å². The van der Waals surface area contributed by atoms with Gasteiger partial charge in [0.1, 0.15) is 6.07 Å². The van der Waals surface area contributed by atoms with Gasteiger partial charge in [-0.1, -0.05) is 15.9 Å². The van der Waals surface area contributed by atoms with Crippen molar-refractivity contribution in [2.24, 2.45) is 23.7 Å². The van der Waals surface area contributed by atoms with E-state index in [4.69, 9.17) is 5.26 Å². The summed E-state index contributed by atoms with van der Waals surface area (Å²) in [4.78, 5) is 0. The van der Waals surface area contributed by atoms with Crippen LogP contribution in [0, 0.1) is 35.0 Å². The van der Waals surface area contributed by atoms with Crippen molar-refractivity contribution in [3.63, 3.8) is 0 Å². The normalized spacial score (nSPS) is 39.2. The smallest absolute Gasteiger partial charge is 0.101 e. The van der Waals surface area contributed by atoms with E-state index in [0.29, 0.717) is 6.04 Å². The maximum Gasteiger partial charge on any atom is 0.101 e. The van der Waals surface area contributed by atoms with E-state index in [1.54, 1.807) is 0 Å². The molecule has 1 aromatic rings. The highest BCUT2D eigenvalue weighted by atomic mass is 79.9. The number of nitriles is 1. The topological polar surface area (TPSA) is 35.8 Å². The highest BCUT2D eigenvalue weighted by Crippen LogP contribution is 2.66. The molecule has 18 heavy (non-hydrogen) atoms. The molecule has 3 aliphatic carbocycles. The highest BCUT2D eigenvalue weighted by Gasteiger charge is 2.65. The fraction of sp³-hybridized carbons (Fsp3) is 0.533. The highest BCUT2D eigenvalue weighted by molar-refractivity contribution is 9.10. The number of nitrogens with one attached hydrogen (secondary N) is 1. The molecule has 4 atom stereocenters. The minimum absolute atomic E-state index is 0.637. The van der Waals surface area contributed by atoms with Crippen LogP contribution >= 0.6 is 15.9 Å². The van der Waals surface area contributed by atoms with Crippen LogP contribution in [0.15, 0.2) is 22.7 Å². The van der Waals surface area contributed by atoms with Crippen LogP contribution in [0.1, 0.15) is 24.8 Å². The first-order valence-corrected chi connectivity index (χ1v) is 7.53. The third-order valence-electron chi connectivity index (χ3n) is 5.16. The average Bonchev–Trinajstić information content (AvgIpc) is 2.78. The van der Waals surface area contributed by atoms with Crippen LogP contribution in [0.5, 0.6) is 0 Å². The number of anilines is 1. The largest absolute Gasteiger partial charge is 0.381 e. The van der Waals surface area contributed by atoms with Gasteiger partial charge in [0.05, 0.1) is 11.3 Å². The van der Waals surface area contributed by atoms with Gasteiger partial charge in [0.25, 0.3) is 0 Å². The van der Waals surface area contributed by atoms with Crippen molar-refractivity contribution in [3.05, 3.63) is 28.2 Å². The number of hydrogen-bond acceptors (Lipinski definition) is 2. The lowest BCUT2D eigenvalue weighted by Crippen LogP contribution is -2.13. The van der Waals surface area contributed by atoms with E-state index < -0.39 is 0 Å². The van der Waals surface area contributed by atoms with Crippen LogP contribution in [0.3, 0.4) is 0 Å². The van der Waals surface area contributed by atoms with E-state index in [9.17, 15) is 0 Å². The van der Waals surface area contributed by atoms with Gasteiger partial charge in [0.2, 0.25) is 0 Å². The van der Waals surface area contributed by atoms with Crippen LogP contribution < -0.4 is 5.32 Å². The Morgan fingerprint density at radius 2 is 1.94 bits per heavy atom. The van der Waals surface area contributed by atoms with Crippen LogP contribution in [-0.4, -0.2) is 6.04 Å². The summed E-state index contributed by atoms with van der Waals surface area (Å²) in [6.07, 6.45) is 4.35. The van der Waals surface area contributed by atoms with Crippen molar-refractivity contribution in [3.8, 4) is 6.07 Å². The third kappa shape index (κ3) is 1.45. The zero-order valence-electron chi connectivity index (χ0n) is 10.1. The molecule has 1 N–H and O–H groups in total. The maximum atomic E-state index is 9.16. The Morgan fingerprint density at radius 1 is 1.22 bits per heavy atom. The molecular weight excluding hydrogens is 288 g/mol. The monoisotopic (exact) mass is 302 g/mol. The number of fused-ring (bicyclic) bond motifs is 5. The van der Waals surface area contributed by atoms with Crippen LogP contribution in [0.2, 0.25) is 0 Å². The standard InChI is InChI=1S/C15H15BrN2/c16-11-4-3-10(7-17)12(6-11)18-15-13-8-1-2-9(5-8)14(13)15/h3-4,6,8-9,13-15,18H,1-2,5H2. The Kier molecular flexibility index (Phi) is 2.26. The number of rotatable bonds is 2. The number of hydrogen-bond donors (Lipinski definition) is 1. The molecule has 0 aromatic heterocycles. The van der Waals surface area contributed by atoms with Crippen molar-refractivity contribution < 1.29 is 0 Å². The summed E-state index contributed by atoms with van der Waals surface area (Å²) in [6.45, 7) is 0.